The molecule has 41 heavy (non-hydrogen) atoms. The second kappa shape index (κ2) is 15.6. The van der Waals surface area contributed by atoms with Gasteiger partial charge in [-0.25, -0.2) is 4.79 Å². The summed E-state index contributed by atoms with van der Waals surface area (Å²) < 4.78 is 5.51. The molecular weight excluding hydrogens is 514 g/mol. The van der Waals surface area contributed by atoms with E-state index in [1.54, 1.807) is 25.7 Å². The highest BCUT2D eigenvalue weighted by Gasteiger charge is 2.37. The van der Waals surface area contributed by atoms with Gasteiger partial charge in [0.05, 0.1) is 0 Å². The lowest BCUT2D eigenvalue weighted by Gasteiger charge is -2.35. The summed E-state index contributed by atoms with van der Waals surface area (Å²) in [7, 11) is 0. The fourth-order valence-corrected chi connectivity index (χ4v) is 4.92. The lowest BCUT2D eigenvalue weighted by atomic mass is 9.95. The molecule has 2 aromatic rings. The highest BCUT2D eigenvalue weighted by Crippen LogP contribution is 2.29. The minimum atomic E-state index is -0.876. The molecule has 0 aromatic heterocycles. The fraction of sp³-hybridized carbons (Fsp3) is 0.559. The number of aryl methyl sites for hydroxylation is 3. The smallest absolute Gasteiger partial charge is 0.408 e. The van der Waals surface area contributed by atoms with E-state index in [0.717, 1.165) is 47.9 Å². The summed E-state index contributed by atoms with van der Waals surface area (Å²) >= 11 is 0. The molecule has 0 bridgehead atoms. The van der Waals surface area contributed by atoms with E-state index in [9.17, 15) is 14.4 Å². The number of alkyl carbamates (subject to hydrolysis) is 1. The third-order valence-electron chi connectivity index (χ3n) is 6.91. The molecular formula is C34H51N3O4. The van der Waals surface area contributed by atoms with Crippen LogP contribution in [0, 0.1) is 26.7 Å². The molecule has 2 N–H and O–H groups in total. The summed E-state index contributed by atoms with van der Waals surface area (Å²) in [5.41, 5.74) is 3.72. The number of nitrogens with one attached hydrogen (secondary N) is 2. The number of anilines is 1. The molecule has 0 spiro atoms. The van der Waals surface area contributed by atoms with Crippen LogP contribution in [0.25, 0.3) is 0 Å². The zero-order valence-corrected chi connectivity index (χ0v) is 26.6. The lowest BCUT2D eigenvalue weighted by Crippen LogP contribution is -2.53. The van der Waals surface area contributed by atoms with Gasteiger partial charge in [-0.3, -0.25) is 9.59 Å². The molecule has 0 saturated carbocycles. The molecule has 3 amide bonds. The average molecular weight is 566 g/mol. The molecule has 7 heteroatoms. The Kier molecular flexibility index (Phi) is 12.9. The van der Waals surface area contributed by atoms with Gasteiger partial charge in [0, 0.05) is 12.2 Å². The van der Waals surface area contributed by atoms with Crippen LogP contribution in [0.1, 0.15) is 102 Å². The Morgan fingerprint density at radius 3 is 2.20 bits per heavy atom. The third kappa shape index (κ3) is 10.9. The zero-order valence-electron chi connectivity index (χ0n) is 26.6. The van der Waals surface area contributed by atoms with Crippen LogP contribution in [0.15, 0.2) is 42.5 Å². The second-order valence-electron chi connectivity index (χ2n) is 12.5. The Morgan fingerprint density at radius 2 is 1.61 bits per heavy atom. The molecule has 0 fully saturated rings. The number of ether oxygens (including phenoxy) is 1. The van der Waals surface area contributed by atoms with Gasteiger partial charge in [-0.15, -0.1) is 0 Å². The fourth-order valence-electron chi connectivity index (χ4n) is 4.92. The molecule has 0 aliphatic rings. The number of hydrogen-bond acceptors (Lipinski definition) is 4. The predicted octanol–water partition coefficient (Wildman–Crippen LogP) is 7.64. The maximum Gasteiger partial charge on any atom is 0.408 e. The first-order valence-corrected chi connectivity index (χ1v) is 15.0. The highest BCUT2D eigenvalue weighted by atomic mass is 16.6. The van der Waals surface area contributed by atoms with Crippen molar-refractivity contribution in [3.05, 3.63) is 64.7 Å². The van der Waals surface area contributed by atoms with Crippen molar-refractivity contribution in [2.75, 3.05) is 11.9 Å². The van der Waals surface area contributed by atoms with Crippen LogP contribution in [-0.2, 0) is 14.3 Å². The van der Waals surface area contributed by atoms with Crippen LogP contribution in [0.3, 0.4) is 0 Å². The number of rotatable bonds is 13. The molecule has 226 valence electrons. The SMILES string of the molecule is CCCCCCN(C(=O)C(CC(C)C)NC(=O)OC(C)(C)C)C(C(=O)Nc1ccccc1C)c1ccc(C)cc1C. The normalized spacial score (nSPS) is 12.9. The van der Waals surface area contributed by atoms with Gasteiger partial charge in [0.25, 0.3) is 5.91 Å². The largest absolute Gasteiger partial charge is 0.444 e. The number of amides is 3. The number of unbranched alkanes of at least 4 members (excludes halogenated alkanes) is 3. The Morgan fingerprint density at radius 1 is 0.927 bits per heavy atom. The molecule has 0 heterocycles. The molecule has 0 radical (unpaired) electrons. The Labute approximate surface area is 247 Å². The summed E-state index contributed by atoms with van der Waals surface area (Å²) in [5.74, 6) is -0.442. The summed E-state index contributed by atoms with van der Waals surface area (Å²) in [6.07, 6.45) is 3.56. The molecule has 2 unspecified atom stereocenters. The van der Waals surface area contributed by atoms with E-state index >= 15 is 0 Å². The highest BCUT2D eigenvalue weighted by molar-refractivity contribution is 5.99. The molecule has 7 nitrogen and oxygen atoms in total. The van der Waals surface area contributed by atoms with Gasteiger partial charge in [0.15, 0.2) is 0 Å². The molecule has 2 rings (SSSR count). The quantitative estimate of drug-likeness (QED) is 0.244. The maximum atomic E-state index is 14.4. The topological polar surface area (TPSA) is 87.7 Å². The van der Waals surface area contributed by atoms with Crippen molar-refractivity contribution in [1.29, 1.82) is 0 Å². The minimum absolute atomic E-state index is 0.126. The first-order chi connectivity index (χ1) is 19.2. The van der Waals surface area contributed by atoms with Crippen LogP contribution in [0.2, 0.25) is 0 Å². The van der Waals surface area contributed by atoms with E-state index in [1.807, 2.05) is 77.1 Å². The van der Waals surface area contributed by atoms with Gasteiger partial charge in [-0.1, -0.05) is 82.0 Å². The first-order valence-electron chi connectivity index (χ1n) is 15.0. The molecule has 2 aromatic carbocycles. The van der Waals surface area contributed by atoms with Crippen molar-refractivity contribution in [3.8, 4) is 0 Å². The Bertz CT molecular complexity index is 1170. The van der Waals surface area contributed by atoms with E-state index in [0.29, 0.717) is 18.7 Å². The Hall–Kier alpha value is -3.35. The standard InChI is InChI=1S/C34H51N3O4/c1-10-11-12-15-20-37(32(39)29(21-23(2)3)36-33(40)41-34(7,8)9)30(27-19-18-24(4)22-26(27)6)31(38)35-28-17-14-13-16-25(28)5/h13-14,16-19,22-23,29-30H,10-12,15,20-21H2,1-9H3,(H,35,38)(H,36,40). The van der Waals surface area contributed by atoms with Crippen LogP contribution in [0.4, 0.5) is 10.5 Å². The molecule has 2 atom stereocenters. The van der Waals surface area contributed by atoms with Gasteiger partial charge in [0.2, 0.25) is 5.91 Å². The number of benzene rings is 2. The van der Waals surface area contributed by atoms with Crippen molar-refractivity contribution in [2.24, 2.45) is 5.92 Å². The minimum Gasteiger partial charge on any atom is -0.444 e. The summed E-state index contributed by atoms with van der Waals surface area (Å²) in [5, 5.41) is 5.92. The van der Waals surface area contributed by atoms with E-state index in [1.165, 1.54) is 0 Å². The van der Waals surface area contributed by atoms with E-state index in [2.05, 4.69) is 17.6 Å². The predicted molar refractivity (Wildman–Crippen MR) is 167 cm³/mol. The van der Waals surface area contributed by atoms with Crippen molar-refractivity contribution < 1.29 is 19.1 Å². The molecule has 0 saturated heterocycles. The van der Waals surface area contributed by atoms with Crippen LogP contribution in [0.5, 0.6) is 0 Å². The number of para-hydroxylation sites is 1. The number of nitrogens with zero attached hydrogens (tertiary/aromatic N) is 1. The average Bonchev–Trinajstić information content (AvgIpc) is 2.86. The second-order valence-corrected chi connectivity index (χ2v) is 12.5. The van der Waals surface area contributed by atoms with Crippen molar-refractivity contribution in [2.45, 2.75) is 112 Å². The van der Waals surface area contributed by atoms with E-state index in [-0.39, 0.29) is 17.7 Å². The lowest BCUT2D eigenvalue weighted by molar-refractivity contribution is -0.141. The van der Waals surface area contributed by atoms with Crippen LogP contribution >= 0.6 is 0 Å². The van der Waals surface area contributed by atoms with Gasteiger partial charge in [0.1, 0.15) is 17.7 Å². The van der Waals surface area contributed by atoms with Crippen molar-refractivity contribution in [1.82, 2.24) is 10.2 Å². The molecule has 0 aliphatic carbocycles. The third-order valence-corrected chi connectivity index (χ3v) is 6.91. The summed E-state index contributed by atoms with van der Waals surface area (Å²) in [6, 6.07) is 11.9. The van der Waals surface area contributed by atoms with Gasteiger partial charge >= 0.3 is 6.09 Å². The van der Waals surface area contributed by atoms with Crippen molar-refractivity contribution >= 4 is 23.6 Å². The summed E-state index contributed by atoms with van der Waals surface area (Å²) in [6.45, 7) is 17.8. The van der Waals surface area contributed by atoms with E-state index in [4.69, 9.17) is 4.74 Å². The number of carbonyl (C=O) groups is 3. The van der Waals surface area contributed by atoms with Crippen molar-refractivity contribution in [3.63, 3.8) is 0 Å². The van der Waals surface area contributed by atoms with Gasteiger partial charge in [-0.2, -0.15) is 0 Å². The first kappa shape index (κ1) is 33.9. The number of carbonyl (C=O) groups excluding carboxylic acids is 3. The monoisotopic (exact) mass is 565 g/mol. The van der Waals surface area contributed by atoms with E-state index < -0.39 is 23.8 Å². The molecule has 0 aliphatic heterocycles. The van der Waals surface area contributed by atoms with Gasteiger partial charge < -0.3 is 20.3 Å². The van der Waals surface area contributed by atoms with Crippen LogP contribution < -0.4 is 10.6 Å². The number of hydrogen-bond donors (Lipinski definition) is 2. The van der Waals surface area contributed by atoms with Gasteiger partial charge in [-0.05, 0) is 83.1 Å². The summed E-state index contributed by atoms with van der Waals surface area (Å²) in [4.78, 5) is 43.1. The Balaban J connectivity index is 2.60. The zero-order chi connectivity index (χ0) is 30.7. The van der Waals surface area contributed by atoms with Crippen LogP contribution in [-0.4, -0.2) is 41.0 Å². The maximum absolute atomic E-state index is 14.4.